The molecule has 0 spiro atoms. The number of amides is 1. The first-order chi connectivity index (χ1) is 18.5. The summed E-state index contributed by atoms with van der Waals surface area (Å²) in [7, 11) is 0. The van der Waals surface area contributed by atoms with Crippen LogP contribution in [-0.2, 0) is 11.4 Å². The van der Waals surface area contributed by atoms with Crippen LogP contribution in [0.2, 0.25) is 5.02 Å². The molecule has 4 aromatic rings. The van der Waals surface area contributed by atoms with Gasteiger partial charge in [0.15, 0.2) is 6.10 Å². The molecule has 7 nitrogen and oxygen atoms in total. The van der Waals surface area contributed by atoms with Crippen molar-refractivity contribution in [1.29, 1.82) is 0 Å². The molecular formula is C30H25ClN2O5. The molecule has 4 aromatic carbocycles. The number of nitrogens with zero attached hydrogens (tertiary/aromatic N) is 1. The molecule has 8 heteroatoms. The van der Waals surface area contributed by atoms with Crippen LogP contribution >= 0.6 is 11.6 Å². The minimum absolute atomic E-state index is 0.356. The Labute approximate surface area is 225 Å². The van der Waals surface area contributed by atoms with Crippen molar-refractivity contribution in [2.24, 2.45) is 5.10 Å². The molecule has 0 fully saturated rings. The van der Waals surface area contributed by atoms with Crippen molar-refractivity contribution in [2.45, 2.75) is 19.6 Å². The number of hydrazone groups is 1. The first-order valence-electron chi connectivity index (χ1n) is 11.8. The lowest BCUT2D eigenvalue weighted by atomic mass is 10.2. The zero-order chi connectivity index (χ0) is 26.7. The van der Waals surface area contributed by atoms with Crippen LogP contribution in [0.15, 0.2) is 108 Å². The monoisotopic (exact) mass is 528 g/mol. The summed E-state index contributed by atoms with van der Waals surface area (Å²) in [6, 6.07) is 30.1. The molecule has 192 valence electrons. The lowest BCUT2D eigenvalue weighted by Gasteiger charge is -2.13. The highest BCUT2D eigenvalue weighted by atomic mass is 35.5. The summed E-state index contributed by atoms with van der Waals surface area (Å²) in [6.07, 6.45) is 0.711. The van der Waals surface area contributed by atoms with Crippen LogP contribution < -0.4 is 19.6 Å². The molecule has 1 N–H and O–H groups in total. The first-order valence-corrected chi connectivity index (χ1v) is 12.2. The van der Waals surface area contributed by atoms with Crippen LogP contribution in [0.5, 0.6) is 17.2 Å². The van der Waals surface area contributed by atoms with Crippen molar-refractivity contribution in [3.05, 3.63) is 125 Å². The van der Waals surface area contributed by atoms with E-state index in [1.165, 1.54) is 12.3 Å². The van der Waals surface area contributed by atoms with Gasteiger partial charge in [-0.25, -0.2) is 10.2 Å². The molecule has 0 unspecified atom stereocenters. The fourth-order valence-electron chi connectivity index (χ4n) is 3.28. The number of hydrogen-bond acceptors (Lipinski definition) is 6. The van der Waals surface area contributed by atoms with E-state index in [0.717, 1.165) is 5.56 Å². The second-order valence-electron chi connectivity index (χ2n) is 8.21. The van der Waals surface area contributed by atoms with Crippen molar-refractivity contribution in [3.63, 3.8) is 0 Å². The molecule has 0 aliphatic rings. The second-order valence-corrected chi connectivity index (χ2v) is 8.65. The third kappa shape index (κ3) is 7.94. The number of halogens is 1. The predicted octanol–water partition coefficient (Wildman–Crippen LogP) is 6.06. The average Bonchev–Trinajstić information content (AvgIpc) is 2.94. The van der Waals surface area contributed by atoms with E-state index >= 15 is 0 Å². The molecule has 0 saturated carbocycles. The van der Waals surface area contributed by atoms with Crippen LogP contribution in [0.1, 0.15) is 28.4 Å². The summed E-state index contributed by atoms with van der Waals surface area (Å²) < 4.78 is 16.8. The summed E-state index contributed by atoms with van der Waals surface area (Å²) in [5.41, 5.74) is 4.59. The number of rotatable bonds is 10. The maximum Gasteiger partial charge on any atom is 0.343 e. The maximum atomic E-state index is 12.4. The Bertz CT molecular complexity index is 1390. The van der Waals surface area contributed by atoms with E-state index in [9.17, 15) is 9.59 Å². The van der Waals surface area contributed by atoms with Crippen molar-refractivity contribution >= 4 is 29.7 Å². The quantitative estimate of drug-likeness (QED) is 0.117. The highest BCUT2D eigenvalue weighted by Gasteiger charge is 2.14. The number of ether oxygens (including phenoxy) is 3. The Morgan fingerprint density at radius 1 is 0.868 bits per heavy atom. The van der Waals surface area contributed by atoms with Crippen LogP contribution in [0.25, 0.3) is 0 Å². The third-order valence-corrected chi connectivity index (χ3v) is 5.53. The molecule has 0 saturated heterocycles. The number of esters is 1. The van der Waals surface area contributed by atoms with E-state index in [0.29, 0.717) is 40.0 Å². The molecule has 0 aliphatic carbocycles. The Kier molecular flexibility index (Phi) is 9.10. The predicted molar refractivity (Wildman–Crippen MR) is 146 cm³/mol. The number of carbonyl (C=O) groups is 2. The Morgan fingerprint density at radius 3 is 2.26 bits per heavy atom. The number of benzene rings is 4. The van der Waals surface area contributed by atoms with Crippen LogP contribution in [-0.4, -0.2) is 24.2 Å². The molecule has 0 heterocycles. The Balaban J connectivity index is 1.21. The fraction of sp³-hybridized carbons (Fsp3) is 0.100. The molecule has 38 heavy (non-hydrogen) atoms. The molecule has 0 aliphatic heterocycles. The topological polar surface area (TPSA) is 86.2 Å². The Morgan fingerprint density at radius 2 is 1.55 bits per heavy atom. The summed E-state index contributed by atoms with van der Waals surface area (Å²) in [5.74, 6) is 0.691. The summed E-state index contributed by atoms with van der Waals surface area (Å²) >= 11 is 5.91. The van der Waals surface area contributed by atoms with E-state index < -0.39 is 18.0 Å². The van der Waals surface area contributed by atoms with Crippen molar-refractivity contribution < 1.29 is 23.8 Å². The van der Waals surface area contributed by atoms with Crippen molar-refractivity contribution in [1.82, 2.24) is 5.43 Å². The molecule has 0 radical (unpaired) electrons. The van der Waals surface area contributed by atoms with Crippen LogP contribution in [0.3, 0.4) is 0 Å². The lowest BCUT2D eigenvalue weighted by Crippen LogP contribution is -2.33. The maximum absolute atomic E-state index is 12.4. The van der Waals surface area contributed by atoms with Crippen molar-refractivity contribution in [3.8, 4) is 17.2 Å². The van der Waals surface area contributed by atoms with E-state index in [1.807, 2.05) is 30.3 Å². The molecule has 1 atom stereocenters. The fourth-order valence-corrected chi connectivity index (χ4v) is 3.47. The van der Waals surface area contributed by atoms with Gasteiger partial charge in [0, 0.05) is 5.02 Å². The van der Waals surface area contributed by atoms with E-state index in [1.54, 1.807) is 73.7 Å². The standard InChI is InChI=1S/C30H25ClN2O5/c1-21(37-27-16-14-26(15-17-27)36-20-23-6-3-2-4-7-23)29(34)33-32-19-22-10-12-28(13-11-22)38-30(35)24-8-5-9-25(31)18-24/h2-19,21H,20H2,1H3,(H,33,34)/b32-19-/t21-/m1/s1. The van der Waals surface area contributed by atoms with E-state index in [-0.39, 0.29) is 0 Å². The largest absolute Gasteiger partial charge is 0.489 e. The smallest absolute Gasteiger partial charge is 0.343 e. The minimum atomic E-state index is -0.767. The van der Waals surface area contributed by atoms with Gasteiger partial charge in [0.05, 0.1) is 11.8 Å². The van der Waals surface area contributed by atoms with Crippen molar-refractivity contribution in [2.75, 3.05) is 0 Å². The molecule has 1 amide bonds. The van der Waals surface area contributed by atoms with Gasteiger partial charge < -0.3 is 14.2 Å². The number of hydrogen-bond donors (Lipinski definition) is 1. The summed E-state index contributed by atoms with van der Waals surface area (Å²) in [4.78, 5) is 24.6. The average molecular weight is 529 g/mol. The van der Waals surface area contributed by atoms with Gasteiger partial charge in [-0.3, -0.25) is 4.79 Å². The number of nitrogens with one attached hydrogen (secondary N) is 1. The zero-order valence-electron chi connectivity index (χ0n) is 20.5. The molecular weight excluding hydrogens is 504 g/mol. The summed E-state index contributed by atoms with van der Waals surface area (Å²) in [5, 5.41) is 4.43. The SMILES string of the molecule is C[C@@H](Oc1ccc(OCc2ccccc2)cc1)C(=O)N/N=C\c1ccc(OC(=O)c2cccc(Cl)c2)cc1. The minimum Gasteiger partial charge on any atom is -0.489 e. The van der Waals surface area contributed by atoms with Gasteiger partial charge in [0.1, 0.15) is 23.9 Å². The lowest BCUT2D eigenvalue weighted by molar-refractivity contribution is -0.127. The zero-order valence-corrected chi connectivity index (χ0v) is 21.3. The van der Waals surface area contributed by atoms with Gasteiger partial charge >= 0.3 is 5.97 Å². The first kappa shape index (κ1) is 26.4. The highest BCUT2D eigenvalue weighted by molar-refractivity contribution is 6.30. The van der Waals surface area contributed by atoms with Gasteiger partial charge in [-0.2, -0.15) is 5.10 Å². The van der Waals surface area contributed by atoms with Gasteiger partial charge in [0.25, 0.3) is 5.91 Å². The molecule has 0 aromatic heterocycles. The van der Waals surface area contributed by atoms with Gasteiger partial charge in [0.2, 0.25) is 0 Å². The van der Waals surface area contributed by atoms with E-state index in [4.69, 9.17) is 25.8 Å². The van der Waals surface area contributed by atoms with Gasteiger partial charge in [-0.05, 0) is 84.8 Å². The van der Waals surface area contributed by atoms with Gasteiger partial charge in [-0.1, -0.05) is 48.0 Å². The van der Waals surface area contributed by atoms with Gasteiger partial charge in [-0.15, -0.1) is 0 Å². The molecule has 4 rings (SSSR count). The van der Waals surface area contributed by atoms with Crippen LogP contribution in [0.4, 0.5) is 0 Å². The number of carbonyl (C=O) groups excluding carboxylic acids is 2. The highest BCUT2D eigenvalue weighted by Crippen LogP contribution is 2.20. The second kappa shape index (κ2) is 13.1. The normalized spacial score (nSPS) is 11.5. The Hall–Kier alpha value is -4.62. The van der Waals surface area contributed by atoms with E-state index in [2.05, 4.69) is 10.5 Å². The third-order valence-electron chi connectivity index (χ3n) is 5.29. The molecule has 0 bridgehead atoms. The summed E-state index contributed by atoms with van der Waals surface area (Å²) in [6.45, 7) is 2.10. The van der Waals surface area contributed by atoms with Crippen LogP contribution in [0, 0.1) is 0 Å².